The molecule has 0 saturated carbocycles. The first-order valence-electron chi connectivity index (χ1n) is 6.52. The number of carbonyl (C=O) groups is 2. The number of aryl methyl sites for hydroxylation is 1. The van der Waals surface area contributed by atoms with E-state index in [1.165, 1.54) is 11.8 Å². The molecule has 1 aliphatic heterocycles. The molecule has 0 radical (unpaired) electrons. The summed E-state index contributed by atoms with van der Waals surface area (Å²) in [7, 11) is 1.76. The first-order valence-corrected chi connectivity index (χ1v) is 8.39. The van der Waals surface area contributed by atoms with Gasteiger partial charge in [-0.3, -0.25) is 9.59 Å². The van der Waals surface area contributed by atoms with E-state index in [9.17, 15) is 9.59 Å². The summed E-state index contributed by atoms with van der Waals surface area (Å²) in [5.74, 6) is 0.509. The van der Waals surface area contributed by atoms with E-state index >= 15 is 0 Å². The van der Waals surface area contributed by atoms with E-state index in [-0.39, 0.29) is 11.7 Å². The second-order valence-corrected chi connectivity index (χ2v) is 7.02. The predicted octanol–water partition coefficient (Wildman–Crippen LogP) is 2.95. The minimum Gasteiger partial charge on any atom is -0.315 e. The van der Waals surface area contributed by atoms with E-state index in [4.69, 9.17) is 0 Å². The van der Waals surface area contributed by atoms with Crippen LogP contribution in [0.1, 0.15) is 21.6 Å². The lowest BCUT2D eigenvalue weighted by molar-refractivity contribution is -0.117. The third-order valence-electron chi connectivity index (χ3n) is 3.40. The molecule has 2 heterocycles. The minimum absolute atomic E-state index is 0.0673. The van der Waals surface area contributed by atoms with Gasteiger partial charge in [-0.1, -0.05) is 11.8 Å². The van der Waals surface area contributed by atoms with E-state index in [0.717, 1.165) is 21.3 Å². The first kappa shape index (κ1) is 14.3. The fourth-order valence-corrected chi connectivity index (χ4v) is 4.00. The molecule has 21 heavy (non-hydrogen) atoms. The zero-order chi connectivity index (χ0) is 15.0. The van der Waals surface area contributed by atoms with Crippen molar-refractivity contribution in [3.05, 3.63) is 40.4 Å². The first-order chi connectivity index (χ1) is 10.0. The number of Topliss-reactive ketones (excluding diaryl/α,β-unsaturated/α-hetero) is 1. The fourth-order valence-electron chi connectivity index (χ4n) is 2.25. The summed E-state index contributed by atoms with van der Waals surface area (Å²) in [6.45, 7) is 1.94. The molecule has 0 bridgehead atoms. The second kappa shape index (κ2) is 5.61. The van der Waals surface area contributed by atoms with Gasteiger partial charge in [0.2, 0.25) is 5.91 Å². The van der Waals surface area contributed by atoms with Crippen LogP contribution in [0.2, 0.25) is 0 Å². The second-order valence-electron chi connectivity index (χ2n) is 4.94. The topological polar surface area (TPSA) is 50.3 Å². The smallest absolute Gasteiger partial charge is 0.231 e. The van der Waals surface area contributed by atoms with Gasteiger partial charge in [-0.25, -0.2) is 4.98 Å². The summed E-state index contributed by atoms with van der Waals surface area (Å²) in [4.78, 5) is 29.9. The van der Waals surface area contributed by atoms with E-state index in [2.05, 4.69) is 4.98 Å². The lowest BCUT2D eigenvalue weighted by atomic mass is 10.1. The molecule has 4 nitrogen and oxygen atoms in total. The van der Waals surface area contributed by atoms with Crippen molar-refractivity contribution >= 4 is 40.5 Å². The van der Waals surface area contributed by atoms with Gasteiger partial charge in [0.25, 0.3) is 0 Å². The fraction of sp³-hybridized carbons (Fsp3) is 0.267. The van der Waals surface area contributed by atoms with Gasteiger partial charge in [-0.15, -0.1) is 11.3 Å². The van der Waals surface area contributed by atoms with E-state index in [1.807, 2.05) is 24.4 Å². The Labute approximate surface area is 131 Å². The summed E-state index contributed by atoms with van der Waals surface area (Å²) in [6, 6.07) is 5.49. The molecule has 0 spiro atoms. The Bertz CT molecular complexity index is 724. The SMILES string of the molecule is Cc1csc(SCC(=O)c2ccc3c(c2)CC(=O)N3C)n1. The predicted molar refractivity (Wildman–Crippen MR) is 85.5 cm³/mol. The summed E-state index contributed by atoms with van der Waals surface area (Å²) < 4.78 is 0.914. The highest BCUT2D eigenvalue weighted by Gasteiger charge is 2.24. The van der Waals surface area contributed by atoms with Crippen LogP contribution >= 0.6 is 23.1 Å². The minimum atomic E-state index is 0.0673. The molecular weight excluding hydrogens is 304 g/mol. The van der Waals surface area contributed by atoms with Gasteiger partial charge >= 0.3 is 0 Å². The Morgan fingerprint density at radius 3 is 3.00 bits per heavy atom. The number of fused-ring (bicyclic) bond motifs is 1. The lowest BCUT2D eigenvalue weighted by Crippen LogP contribution is -2.20. The van der Waals surface area contributed by atoms with Crippen molar-refractivity contribution in [2.24, 2.45) is 0 Å². The molecule has 1 aromatic heterocycles. The summed E-state index contributed by atoms with van der Waals surface area (Å²) in [6.07, 6.45) is 0.381. The molecule has 1 amide bonds. The Balaban J connectivity index is 1.71. The van der Waals surface area contributed by atoms with Gasteiger partial charge < -0.3 is 4.90 Å². The third-order valence-corrected chi connectivity index (χ3v) is 5.54. The van der Waals surface area contributed by atoms with Crippen LogP contribution in [0.15, 0.2) is 27.9 Å². The van der Waals surface area contributed by atoms with Crippen LogP contribution in [0.25, 0.3) is 0 Å². The largest absolute Gasteiger partial charge is 0.315 e. The van der Waals surface area contributed by atoms with Crippen molar-refractivity contribution in [1.82, 2.24) is 4.98 Å². The zero-order valence-electron chi connectivity index (χ0n) is 11.8. The van der Waals surface area contributed by atoms with Crippen molar-refractivity contribution in [3.63, 3.8) is 0 Å². The molecule has 0 N–H and O–H groups in total. The van der Waals surface area contributed by atoms with Crippen LogP contribution in [0, 0.1) is 6.92 Å². The normalized spacial score (nSPS) is 13.6. The molecule has 0 unspecified atom stereocenters. The molecule has 6 heteroatoms. The Morgan fingerprint density at radius 2 is 2.29 bits per heavy atom. The van der Waals surface area contributed by atoms with Gasteiger partial charge in [0.1, 0.15) is 0 Å². The van der Waals surface area contributed by atoms with Gasteiger partial charge in [0.15, 0.2) is 10.1 Å². The van der Waals surface area contributed by atoms with Crippen LogP contribution in [0.3, 0.4) is 0 Å². The van der Waals surface area contributed by atoms with Gasteiger partial charge in [0, 0.05) is 29.4 Å². The monoisotopic (exact) mass is 318 g/mol. The molecule has 3 rings (SSSR count). The van der Waals surface area contributed by atoms with Crippen molar-refractivity contribution < 1.29 is 9.59 Å². The number of hydrogen-bond donors (Lipinski definition) is 0. The number of amides is 1. The van der Waals surface area contributed by atoms with Crippen molar-refractivity contribution in [2.45, 2.75) is 17.7 Å². The summed E-state index contributed by atoms with van der Waals surface area (Å²) in [5.41, 5.74) is 3.48. The van der Waals surface area contributed by atoms with Gasteiger partial charge in [-0.05, 0) is 30.7 Å². The number of ketones is 1. The molecule has 0 aliphatic carbocycles. The van der Waals surface area contributed by atoms with Crippen LogP contribution in [-0.4, -0.2) is 29.5 Å². The number of rotatable bonds is 4. The van der Waals surface area contributed by atoms with E-state index in [1.54, 1.807) is 29.4 Å². The van der Waals surface area contributed by atoms with Crippen LogP contribution < -0.4 is 4.90 Å². The number of nitrogens with zero attached hydrogens (tertiary/aromatic N) is 2. The average Bonchev–Trinajstić information content (AvgIpc) is 3.00. The maximum Gasteiger partial charge on any atom is 0.231 e. The highest BCUT2D eigenvalue weighted by atomic mass is 32.2. The quantitative estimate of drug-likeness (QED) is 0.642. The van der Waals surface area contributed by atoms with Crippen LogP contribution in [-0.2, 0) is 11.2 Å². The molecule has 0 fully saturated rings. The molecule has 0 atom stereocenters. The van der Waals surface area contributed by atoms with Crippen LogP contribution in [0.5, 0.6) is 0 Å². The highest BCUT2D eigenvalue weighted by molar-refractivity contribution is 8.01. The maximum atomic E-state index is 12.2. The molecule has 2 aromatic rings. The number of hydrogen-bond acceptors (Lipinski definition) is 5. The molecule has 1 aliphatic rings. The van der Waals surface area contributed by atoms with Crippen molar-refractivity contribution in [2.75, 3.05) is 17.7 Å². The number of thiazole rings is 1. The van der Waals surface area contributed by atoms with Crippen molar-refractivity contribution in [1.29, 1.82) is 0 Å². The number of benzene rings is 1. The molecule has 108 valence electrons. The number of anilines is 1. The Hall–Kier alpha value is -1.66. The van der Waals surface area contributed by atoms with E-state index < -0.39 is 0 Å². The van der Waals surface area contributed by atoms with Crippen LogP contribution in [0.4, 0.5) is 5.69 Å². The molecule has 1 aromatic carbocycles. The summed E-state index contributed by atoms with van der Waals surface area (Å²) in [5, 5.41) is 1.98. The lowest BCUT2D eigenvalue weighted by Gasteiger charge is -2.10. The highest BCUT2D eigenvalue weighted by Crippen LogP contribution is 2.29. The number of aromatic nitrogens is 1. The van der Waals surface area contributed by atoms with E-state index in [0.29, 0.717) is 17.7 Å². The molecule has 0 saturated heterocycles. The molecular formula is C15H14N2O2S2. The van der Waals surface area contributed by atoms with Gasteiger partial charge in [-0.2, -0.15) is 0 Å². The zero-order valence-corrected chi connectivity index (χ0v) is 13.4. The standard InChI is InChI=1S/C15H14N2O2S2/c1-9-7-20-15(16-9)21-8-13(18)10-3-4-12-11(5-10)6-14(19)17(12)2/h3-5,7H,6,8H2,1-2H3. The third kappa shape index (κ3) is 2.87. The van der Waals surface area contributed by atoms with Gasteiger partial charge in [0.05, 0.1) is 12.2 Å². The average molecular weight is 318 g/mol. The number of carbonyl (C=O) groups excluding carboxylic acids is 2. The number of likely N-dealkylation sites (N-methyl/N-ethyl adjacent to an activating group) is 1. The summed E-state index contributed by atoms with van der Waals surface area (Å²) >= 11 is 3.01. The Kier molecular flexibility index (Phi) is 3.82. The number of thioether (sulfide) groups is 1. The maximum absolute atomic E-state index is 12.2. The van der Waals surface area contributed by atoms with Crippen molar-refractivity contribution in [3.8, 4) is 0 Å². The Morgan fingerprint density at radius 1 is 1.48 bits per heavy atom.